The van der Waals surface area contributed by atoms with Crippen LogP contribution < -0.4 is 0 Å². The van der Waals surface area contributed by atoms with Crippen molar-refractivity contribution in [3.8, 4) is 0 Å². The van der Waals surface area contributed by atoms with Gasteiger partial charge in [0.1, 0.15) is 6.10 Å². The van der Waals surface area contributed by atoms with Gasteiger partial charge in [0, 0.05) is 19.4 Å². The molecule has 112 valence electrons. The second-order valence-corrected chi connectivity index (χ2v) is 6.89. The highest BCUT2D eigenvalue weighted by molar-refractivity contribution is 5.86. The molecule has 2 saturated heterocycles. The van der Waals surface area contributed by atoms with Crippen LogP contribution in [0.4, 0.5) is 0 Å². The van der Waals surface area contributed by atoms with Gasteiger partial charge in [-0.3, -0.25) is 4.79 Å². The molecule has 1 spiro atoms. The summed E-state index contributed by atoms with van der Waals surface area (Å²) in [5.74, 6) is 0.269. The fraction of sp³-hybridized carbons (Fsp3) is 0.812. The zero-order valence-electron chi connectivity index (χ0n) is 12.8. The van der Waals surface area contributed by atoms with Crippen LogP contribution >= 0.6 is 0 Å². The van der Waals surface area contributed by atoms with Crippen LogP contribution in [-0.4, -0.2) is 42.9 Å². The molecule has 20 heavy (non-hydrogen) atoms. The number of Topliss-reactive ketones (excluding diaryl/α,β-unsaturated/α-hetero) is 1. The largest absolute Gasteiger partial charge is 0.373 e. The van der Waals surface area contributed by atoms with Crippen LogP contribution in [0.2, 0.25) is 0 Å². The van der Waals surface area contributed by atoms with Gasteiger partial charge in [0.2, 0.25) is 0 Å². The van der Waals surface area contributed by atoms with Crippen LogP contribution in [0.3, 0.4) is 0 Å². The van der Waals surface area contributed by atoms with Gasteiger partial charge in [-0.25, -0.2) is 0 Å². The summed E-state index contributed by atoms with van der Waals surface area (Å²) in [6.07, 6.45) is 4.34. The Morgan fingerprint density at radius 2 is 2.20 bits per heavy atom. The first-order chi connectivity index (χ1) is 9.40. The van der Waals surface area contributed by atoms with Crippen LogP contribution in [0.5, 0.6) is 0 Å². The first-order valence-corrected chi connectivity index (χ1v) is 7.41. The van der Waals surface area contributed by atoms with Gasteiger partial charge < -0.3 is 14.2 Å². The quantitative estimate of drug-likeness (QED) is 0.585. The first-order valence-electron chi connectivity index (χ1n) is 7.41. The van der Waals surface area contributed by atoms with E-state index in [-0.39, 0.29) is 35.1 Å². The molecule has 5 unspecified atom stereocenters. The van der Waals surface area contributed by atoms with Crippen molar-refractivity contribution >= 4 is 5.78 Å². The molecule has 0 aromatic carbocycles. The molecule has 4 nitrogen and oxygen atoms in total. The standard InChI is InChI=1S/C16H24O4/c1-10(2)5-6-13-15(3,20-13)11-7-16(9-19-16)8-12(17)14(11)18-4/h5,11,13-14H,6-9H2,1-4H3. The highest BCUT2D eigenvalue weighted by Gasteiger charge is 2.66. The Kier molecular flexibility index (Phi) is 3.31. The van der Waals surface area contributed by atoms with E-state index in [1.54, 1.807) is 7.11 Å². The molecular weight excluding hydrogens is 256 g/mol. The van der Waals surface area contributed by atoms with Crippen molar-refractivity contribution in [1.29, 1.82) is 0 Å². The normalized spacial score (nSPS) is 46.4. The van der Waals surface area contributed by atoms with Crippen molar-refractivity contribution in [2.24, 2.45) is 5.92 Å². The van der Waals surface area contributed by atoms with Gasteiger partial charge in [-0.05, 0) is 33.6 Å². The predicted molar refractivity (Wildman–Crippen MR) is 74.5 cm³/mol. The van der Waals surface area contributed by atoms with Crippen LogP contribution in [0.1, 0.15) is 40.0 Å². The second-order valence-electron chi connectivity index (χ2n) is 6.89. The monoisotopic (exact) mass is 280 g/mol. The number of methoxy groups -OCH3 is 1. The van der Waals surface area contributed by atoms with Gasteiger partial charge in [0.15, 0.2) is 5.78 Å². The van der Waals surface area contributed by atoms with Gasteiger partial charge in [0.25, 0.3) is 0 Å². The maximum atomic E-state index is 12.3. The topological polar surface area (TPSA) is 51.4 Å². The third-order valence-corrected chi connectivity index (χ3v) is 5.03. The van der Waals surface area contributed by atoms with Gasteiger partial charge in [-0.2, -0.15) is 0 Å². The summed E-state index contributed by atoms with van der Waals surface area (Å²) in [5.41, 5.74) is 0.849. The minimum Gasteiger partial charge on any atom is -0.373 e. The Morgan fingerprint density at radius 3 is 2.75 bits per heavy atom. The van der Waals surface area contributed by atoms with Crippen LogP contribution in [0, 0.1) is 5.92 Å². The number of ether oxygens (including phenoxy) is 3. The van der Waals surface area contributed by atoms with E-state index in [1.807, 2.05) is 0 Å². The molecule has 2 aliphatic heterocycles. The lowest BCUT2D eigenvalue weighted by atomic mass is 9.71. The second kappa shape index (κ2) is 4.65. The molecule has 0 aromatic rings. The van der Waals surface area contributed by atoms with E-state index in [2.05, 4.69) is 26.8 Å². The van der Waals surface area contributed by atoms with E-state index in [0.717, 1.165) is 12.8 Å². The third kappa shape index (κ3) is 2.34. The lowest BCUT2D eigenvalue weighted by molar-refractivity contribution is -0.140. The fourth-order valence-electron chi connectivity index (χ4n) is 3.57. The third-order valence-electron chi connectivity index (χ3n) is 5.03. The summed E-state index contributed by atoms with van der Waals surface area (Å²) < 4.78 is 17.0. The van der Waals surface area contributed by atoms with Crippen molar-refractivity contribution in [3.05, 3.63) is 11.6 Å². The zero-order chi connectivity index (χ0) is 14.5. The summed E-state index contributed by atoms with van der Waals surface area (Å²) in [6, 6.07) is 0. The number of ketones is 1. The number of carbonyl (C=O) groups is 1. The molecule has 3 fully saturated rings. The van der Waals surface area contributed by atoms with Crippen LogP contribution in [-0.2, 0) is 19.0 Å². The molecular formula is C16H24O4. The van der Waals surface area contributed by atoms with Gasteiger partial charge >= 0.3 is 0 Å². The molecule has 5 atom stereocenters. The van der Waals surface area contributed by atoms with Crippen LogP contribution in [0.15, 0.2) is 11.6 Å². The van der Waals surface area contributed by atoms with Gasteiger partial charge in [0.05, 0.1) is 23.9 Å². The zero-order valence-corrected chi connectivity index (χ0v) is 12.8. The smallest absolute Gasteiger partial charge is 0.164 e. The minimum absolute atomic E-state index is 0.104. The summed E-state index contributed by atoms with van der Waals surface area (Å²) in [4.78, 5) is 12.3. The Hall–Kier alpha value is -0.710. The van der Waals surface area contributed by atoms with E-state index in [4.69, 9.17) is 14.2 Å². The molecule has 0 radical (unpaired) electrons. The number of hydrogen-bond acceptors (Lipinski definition) is 4. The predicted octanol–water partition coefficient (Wildman–Crippen LogP) is 2.26. The summed E-state index contributed by atoms with van der Waals surface area (Å²) in [7, 11) is 1.62. The molecule has 1 saturated carbocycles. The molecule has 0 bridgehead atoms. The average Bonchev–Trinajstić information content (AvgIpc) is 3.26. The summed E-state index contributed by atoms with van der Waals surface area (Å²) >= 11 is 0. The average molecular weight is 280 g/mol. The number of rotatable bonds is 4. The lowest BCUT2D eigenvalue weighted by Crippen LogP contribution is -2.48. The van der Waals surface area contributed by atoms with Gasteiger partial charge in [-0.15, -0.1) is 0 Å². The number of epoxide rings is 2. The van der Waals surface area contributed by atoms with Crippen molar-refractivity contribution in [2.45, 2.75) is 63.4 Å². The van der Waals surface area contributed by atoms with E-state index in [0.29, 0.717) is 13.0 Å². The number of carbonyl (C=O) groups excluding carboxylic acids is 1. The molecule has 0 N–H and O–H groups in total. The Bertz CT molecular complexity index is 447. The van der Waals surface area contributed by atoms with E-state index in [1.165, 1.54) is 5.57 Å². The number of allylic oxidation sites excluding steroid dienone is 1. The van der Waals surface area contributed by atoms with Crippen LogP contribution in [0.25, 0.3) is 0 Å². The maximum absolute atomic E-state index is 12.3. The van der Waals surface area contributed by atoms with Gasteiger partial charge in [-0.1, -0.05) is 11.6 Å². The molecule has 0 aromatic heterocycles. The SMILES string of the molecule is COC1C(=O)CC2(CO2)CC1C1(C)OC1CC=C(C)C. The van der Waals surface area contributed by atoms with E-state index in [9.17, 15) is 4.79 Å². The highest BCUT2D eigenvalue weighted by atomic mass is 16.6. The Morgan fingerprint density at radius 1 is 1.50 bits per heavy atom. The van der Waals surface area contributed by atoms with E-state index >= 15 is 0 Å². The summed E-state index contributed by atoms with van der Waals surface area (Å²) in [6.45, 7) is 7.01. The molecule has 3 aliphatic rings. The lowest BCUT2D eigenvalue weighted by Gasteiger charge is -2.35. The molecule has 3 rings (SSSR count). The number of hydrogen-bond donors (Lipinski definition) is 0. The minimum atomic E-state index is -0.341. The van der Waals surface area contributed by atoms with Crippen molar-refractivity contribution < 1.29 is 19.0 Å². The van der Waals surface area contributed by atoms with E-state index < -0.39 is 0 Å². The highest BCUT2D eigenvalue weighted by Crippen LogP contribution is 2.54. The van der Waals surface area contributed by atoms with Crippen molar-refractivity contribution in [2.75, 3.05) is 13.7 Å². The van der Waals surface area contributed by atoms with Crippen molar-refractivity contribution in [1.82, 2.24) is 0 Å². The molecule has 1 aliphatic carbocycles. The molecule has 4 heteroatoms. The summed E-state index contributed by atoms with van der Waals surface area (Å²) in [5, 5.41) is 0. The Balaban J connectivity index is 1.74. The molecule has 2 heterocycles. The first kappa shape index (κ1) is 14.2. The molecule has 0 amide bonds. The van der Waals surface area contributed by atoms with Crippen molar-refractivity contribution in [3.63, 3.8) is 0 Å². The maximum Gasteiger partial charge on any atom is 0.164 e. The fourth-order valence-corrected chi connectivity index (χ4v) is 3.57. The Labute approximate surface area is 120 Å².